The monoisotopic (exact) mass is 260 g/mol. The van der Waals surface area contributed by atoms with Crippen LogP contribution in [0.4, 0.5) is 5.82 Å². The second-order valence-corrected chi connectivity index (χ2v) is 5.23. The van der Waals surface area contributed by atoms with Crippen LogP contribution < -0.4 is 11.1 Å². The molecule has 4 N–H and O–H groups in total. The van der Waals surface area contributed by atoms with Gasteiger partial charge in [-0.1, -0.05) is 0 Å². The maximum Gasteiger partial charge on any atom is 0.183 e. The number of piperidine rings is 1. The normalized spacial score (nSPS) is 19.9. The van der Waals surface area contributed by atoms with Gasteiger partial charge in [0.1, 0.15) is 11.3 Å². The molecule has 6 heteroatoms. The van der Waals surface area contributed by atoms with Crippen molar-refractivity contribution < 1.29 is 0 Å². The maximum atomic E-state index is 5.88. The molecular formula is C13H20N6. The van der Waals surface area contributed by atoms with Gasteiger partial charge in [0.15, 0.2) is 11.5 Å². The summed E-state index contributed by atoms with van der Waals surface area (Å²) < 4.78 is 0. The number of nitrogens with one attached hydrogen (secondary N) is 2. The maximum absolute atomic E-state index is 5.88. The van der Waals surface area contributed by atoms with Crippen molar-refractivity contribution in [3.63, 3.8) is 0 Å². The number of nitrogen functional groups attached to an aromatic ring is 1. The highest BCUT2D eigenvalue weighted by Crippen LogP contribution is 2.18. The van der Waals surface area contributed by atoms with Gasteiger partial charge in [-0.25, -0.2) is 15.0 Å². The fourth-order valence-corrected chi connectivity index (χ4v) is 2.73. The molecule has 1 aliphatic rings. The average Bonchev–Trinajstić information content (AvgIpc) is 2.89. The van der Waals surface area contributed by atoms with E-state index in [9.17, 15) is 0 Å². The number of nitrogens with zero attached hydrogens (tertiary/aromatic N) is 3. The molecule has 1 fully saturated rings. The molecule has 1 saturated heterocycles. The zero-order valence-electron chi connectivity index (χ0n) is 11.0. The van der Waals surface area contributed by atoms with Gasteiger partial charge in [0.2, 0.25) is 0 Å². The summed E-state index contributed by atoms with van der Waals surface area (Å²) in [5.41, 5.74) is 7.29. The minimum Gasteiger partial charge on any atom is -0.382 e. The third-order valence-electron chi connectivity index (χ3n) is 3.77. The van der Waals surface area contributed by atoms with Gasteiger partial charge >= 0.3 is 0 Å². The van der Waals surface area contributed by atoms with Crippen molar-refractivity contribution in [2.45, 2.75) is 32.1 Å². The van der Waals surface area contributed by atoms with Gasteiger partial charge in [-0.15, -0.1) is 0 Å². The molecule has 19 heavy (non-hydrogen) atoms. The number of rotatable bonds is 4. The lowest BCUT2D eigenvalue weighted by atomic mass is 9.94. The highest BCUT2D eigenvalue weighted by molar-refractivity contribution is 5.80. The van der Waals surface area contributed by atoms with E-state index in [0.29, 0.717) is 11.5 Å². The van der Waals surface area contributed by atoms with Crippen LogP contribution >= 0.6 is 0 Å². The van der Waals surface area contributed by atoms with E-state index in [1.807, 2.05) is 0 Å². The van der Waals surface area contributed by atoms with Gasteiger partial charge in [0, 0.05) is 6.42 Å². The number of hydrogen-bond acceptors (Lipinski definition) is 5. The lowest BCUT2D eigenvalue weighted by Gasteiger charge is -2.22. The summed E-state index contributed by atoms with van der Waals surface area (Å²) >= 11 is 0. The Morgan fingerprint density at radius 1 is 1.37 bits per heavy atom. The Bertz CT molecular complexity index is 543. The smallest absolute Gasteiger partial charge is 0.183 e. The average molecular weight is 260 g/mol. The van der Waals surface area contributed by atoms with Crippen molar-refractivity contribution in [2.75, 3.05) is 18.8 Å². The Kier molecular flexibility index (Phi) is 3.59. The fraction of sp³-hybridized carbons (Fsp3) is 0.615. The molecule has 0 bridgehead atoms. The molecule has 2 aromatic rings. The largest absolute Gasteiger partial charge is 0.382 e. The molecule has 6 nitrogen and oxygen atoms in total. The molecule has 3 rings (SSSR count). The molecule has 2 aromatic heterocycles. The van der Waals surface area contributed by atoms with Crippen molar-refractivity contribution in [3.8, 4) is 0 Å². The van der Waals surface area contributed by atoms with E-state index in [-0.39, 0.29) is 0 Å². The van der Waals surface area contributed by atoms with Crippen LogP contribution in [-0.4, -0.2) is 33.0 Å². The lowest BCUT2D eigenvalue weighted by molar-refractivity contribution is 0.350. The summed E-state index contributed by atoms with van der Waals surface area (Å²) in [5.74, 6) is 2.11. The summed E-state index contributed by atoms with van der Waals surface area (Å²) in [6.07, 6.45) is 7.47. The number of fused-ring (bicyclic) bond motifs is 1. The van der Waals surface area contributed by atoms with Crippen LogP contribution in [-0.2, 0) is 6.42 Å². The van der Waals surface area contributed by atoms with Crippen LogP contribution in [0.25, 0.3) is 11.2 Å². The van der Waals surface area contributed by atoms with Gasteiger partial charge < -0.3 is 16.0 Å². The molecular weight excluding hydrogens is 240 g/mol. The van der Waals surface area contributed by atoms with Crippen LogP contribution in [0, 0.1) is 5.92 Å². The molecule has 0 amide bonds. The molecule has 102 valence electrons. The zero-order chi connectivity index (χ0) is 13.1. The number of anilines is 1. The topological polar surface area (TPSA) is 92.5 Å². The first-order valence-corrected chi connectivity index (χ1v) is 6.99. The Balaban J connectivity index is 1.58. The minimum atomic E-state index is 0.497. The van der Waals surface area contributed by atoms with Crippen molar-refractivity contribution in [3.05, 3.63) is 12.2 Å². The second-order valence-electron chi connectivity index (χ2n) is 5.23. The predicted molar refractivity (Wildman–Crippen MR) is 74.6 cm³/mol. The number of aryl methyl sites for hydroxylation is 1. The van der Waals surface area contributed by atoms with Gasteiger partial charge in [-0.3, -0.25) is 0 Å². The molecule has 0 spiro atoms. The van der Waals surface area contributed by atoms with Crippen molar-refractivity contribution in [1.82, 2.24) is 25.3 Å². The first-order valence-electron chi connectivity index (χ1n) is 6.99. The molecule has 0 saturated carbocycles. The van der Waals surface area contributed by atoms with Crippen LogP contribution in [0.15, 0.2) is 6.33 Å². The minimum absolute atomic E-state index is 0.497. The number of imidazole rings is 1. The Morgan fingerprint density at radius 2 is 2.32 bits per heavy atom. The van der Waals surface area contributed by atoms with Gasteiger partial charge in [-0.05, 0) is 44.7 Å². The highest BCUT2D eigenvalue weighted by atomic mass is 15.0. The Hall–Kier alpha value is -1.69. The van der Waals surface area contributed by atoms with Gasteiger partial charge in [0.25, 0.3) is 0 Å². The van der Waals surface area contributed by atoms with Crippen LogP contribution in [0.1, 0.15) is 31.5 Å². The summed E-state index contributed by atoms with van der Waals surface area (Å²) in [7, 11) is 0. The van der Waals surface area contributed by atoms with Gasteiger partial charge in [-0.2, -0.15) is 0 Å². The zero-order valence-corrected chi connectivity index (χ0v) is 11.0. The van der Waals surface area contributed by atoms with Crippen molar-refractivity contribution >= 4 is 17.0 Å². The molecule has 3 heterocycles. The molecule has 0 aromatic carbocycles. The van der Waals surface area contributed by atoms with Crippen molar-refractivity contribution in [1.29, 1.82) is 0 Å². The Labute approximate surface area is 112 Å². The SMILES string of the molecule is Nc1nc(CCCC2CCCNC2)nc2nc[nH]c12. The van der Waals surface area contributed by atoms with Crippen LogP contribution in [0.3, 0.4) is 0 Å². The van der Waals surface area contributed by atoms with Gasteiger partial charge in [0.05, 0.1) is 6.33 Å². The molecule has 1 aliphatic heterocycles. The van der Waals surface area contributed by atoms with E-state index in [4.69, 9.17) is 5.73 Å². The Morgan fingerprint density at radius 3 is 3.16 bits per heavy atom. The first-order chi connectivity index (χ1) is 9.33. The van der Waals surface area contributed by atoms with Crippen LogP contribution in [0.2, 0.25) is 0 Å². The number of aromatic amines is 1. The third-order valence-corrected chi connectivity index (χ3v) is 3.77. The second kappa shape index (κ2) is 5.52. The van der Waals surface area contributed by atoms with Crippen LogP contribution in [0.5, 0.6) is 0 Å². The van der Waals surface area contributed by atoms with Crippen molar-refractivity contribution in [2.24, 2.45) is 5.92 Å². The van der Waals surface area contributed by atoms with E-state index in [1.54, 1.807) is 6.33 Å². The summed E-state index contributed by atoms with van der Waals surface area (Å²) in [6.45, 7) is 2.33. The highest BCUT2D eigenvalue weighted by Gasteiger charge is 2.13. The number of nitrogens with two attached hydrogens (primary N) is 1. The quantitative estimate of drug-likeness (QED) is 0.769. The summed E-state index contributed by atoms with van der Waals surface area (Å²) in [4.78, 5) is 15.9. The molecule has 1 atom stereocenters. The summed E-state index contributed by atoms with van der Waals surface area (Å²) in [6, 6.07) is 0. The van der Waals surface area contributed by atoms with E-state index in [1.165, 1.54) is 25.8 Å². The predicted octanol–water partition coefficient (Wildman–Crippen LogP) is 1.26. The molecule has 0 aliphatic carbocycles. The van der Waals surface area contributed by atoms with E-state index in [2.05, 4.69) is 25.3 Å². The molecule has 0 radical (unpaired) electrons. The molecule has 1 unspecified atom stereocenters. The number of aromatic nitrogens is 4. The third kappa shape index (κ3) is 2.84. The van der Waals surface area contributed by atoms with E-state index < -0.39 is 0 Å². The standard InChI is InChI=1S/C13H20N6/c14-12-11-13(17-8-16-11)19-10(18-12)5-1-3-9-4-2-6-15-7-9/h8-9,15H,1-7H2,(H3,14,16,17,18,19). The van der Waals surface area contributed by atoms with E-state index in [0.717, 1.165) is 36.6 Å². The summed E-state index contributed by atoms with van der Waals surface area (Å²) in [5, 5.41) is 3.45. The number of hydrogen-bond donors (Lipinski definition) is 3. The fourth-order valence-electron chi connectivity index (χ4n) is 2.73. The first kappa shape index (κ1) is 12.3. The van der Waals surface area contributed by atoms with E-state index >= 15 is 0 Å². The lowest BCUT2D eigenvalue weighted by Crippen LogP contribution is -2.29. The number of H-pyrrole nitrogens is 1.